The quantitative estimate of drug-likeness (QED) is 0.201. The molecule has 0 fully saturated rings. The molecule has 0 rings (SSSR count). The van der Waals surface area contributed by atoms with Gasteiger partial charge < -0.3 is 24.3 Å². The highest BCUT2D eigenvalue weighted by atomic mass is 16.5. The molecule has 0 atom stereocenters. The Labute approximate surface area is 198 Å². The number of amides is 1. The van der Waals surface area contributed by atoms with Gasteiger partial charge in [0.1, 0.15) is 19.0 Å². The first-order chi connectivity index (χ1) is 16.0. The Morgan fingerprint density at radius 2 is 1.18 bits per heavy atom. The predicted molar refractivity (Wildman–Crippen MR) is 124 cm³/mol. The molecule has 0 bridgehead atoms. The molecule has 0 spiro atoms. The van der Waals surface area contributed by atoms with Crippen LogP contribution >= 0.6 is 0 Å². The van der Waals surface area contributed by atoms with E-state index in [-0.39, 0.29) is 30.7 Å². The number of rotatable bonds is 25. The fourth-order valence-electron chi connectivity index (χ4n) is 2.77. The molecule has 9 nitrogen and oxygen atoms in total. The number of Topliss-reactive ketones (excluding diaryl/α,β-unsaturated/α-hetero) is 3. The van der Waals surface area contributed by atoms with Gasteiger partial charge in [-0.05, 0) is 26.2 Å². The van der Waals surface area contributed by atoms with Gasteiger partial charge in [-0.25, -0.2) is 0 Å². The minimum atomic E-state index is -0.0197. The van der Waals surface area contributed by atoms with E-state index in [0.717, 1.165) is 25.7 Å². The summed E-state index contributed by atoms with van der Waals surface area (Å²) in [6, 6.07) is 0. The lowest BCUT2D eigenvalue weighted by Crippen LogP contribution is -2.27. The van der Waals surface area contributed by atoms with Gasteiger partial charge in [0.2, 0.25) is 5.91 Å². The van der Waals surface area contributed by atoms with Gasteiger partial charge in [-0.3, -0.25) is 19.2 Å². The third kappa shape index (κ3) is 24.8. The topological polar surface area (TPSA) is 117 Å². The smallest absolute Gasteiger partial charge is 0.220 e. The summed E-state index contributed by atoms with van der Waals surface area (Å²) in [5, 5.41) is 2.81. The van der Waals surface area contributed by atoms with E-state index in [0.29, 0.717) is 84.1 Å². The van der Waals surface area contributed by atoms with Crippen LogP contribution in [0.25, 0.3) is 0 Å². The second-order valence-electron chi connectivity index (χ2n) is 7.83. The highest BCUT2D eigenvalue weighted by molar-refractivity contribution is 5.79. The summed E-state index contributed by atoms with van der Waals surface area (Å²) < 4.78 is 21.1. The lowest BCUT2D eigenvalue weighted by Gasteiger charge is -2.07. The second-order valence-corrected chi connectivity index (χ2v) is 7.83. The van der Waals surface area contributed by atoms with Crippen molar-refractivity contribution in [3.05, 3.63) is 0 Å². The summed E-state index contributed by atoms with van der Waals surface area (Å²) in [4.78, 5) is 45.3. The molecule has 0 aromatic carbocycles. The lowest BCUT2D eigenvalue weighted by atomic mass is 10.1. The third-order valence-corrected chi connectivity index (χ3v) is 4.63. The molecule has 1 N–H and O–H groups in total. The SMILES string of the molecule is CCC(=O)CCCCCCC(=O)NCCOCCOCC(=O)CCCOCCOCC(C)=O. The summed E-state index contributed by atoms with van der Waals surface area (Å²) in [5.41, 5.74) is 0. The maximum Gasteiger partial charge on any atom is 0.220 e. The largest absolute Gasteiger partial charge is 0.379 e. The summed E-state index contributed by atoms with van der Waals surface area (Å²) in [5.74, 6) is 0.304. The van der Waals surface area contributed by atoms with E-state index >= 15 is 0 Å². The summed E-state index contributed by atoms with van der Waals surface area (Å²) in [6.45, 7) is 6.26. The van der Waals surface area contributed by atoms with E-state index in [1.807, 2.05) is 6.92 Å². The van der Waals surface area contributed by atoms with Crippen molar-refractivity contribution in [2.75, 3.05) is 59.4 Å². The van der Waals surface area contributed by atoms with Crippen LogP contribution in [0.2, 0.25) is 0 Å². The van der Waals surface area contributed by atoms with Gasteiger partial charge in [-0.2, -0.15) is 0 Å². The Morgan fingerprint density at radius 1 is 0.606 bits per heavy atom. The van der Waals surface area contributed by atoms with Gasteiger partial charge >= 0.3 is 0 Å². The summed E-state index contributed by atoms with van der Waals surface area (Å²) in [7, 11) is 0. The van der Waals surface area contributed by atoms with Crippen molar-refractivity contribution in [3.8, 4) is 0 Å². The highest BCUT2D eigenvalue weighted by Gasteiger charge is 2.04. The van der Waals surface area contributed by atoms with Crippen molar-refractivity contribution in [1.29, 1.82) is 0 Å². The number of carbonyl (C=O) groups is 4. The molecule has 0 heterocycles. The molecule has 1 amide bonds. The van der Waals surface area contributed by atoms with Crippen molar-refractivity contribution < 1.29 is 38.1 Å². The lowest BCUT2D eigenvalue weighted by molar-refractivity contribution is -0.125. The van der Waals surface area contributed by atoms with Crippen LogP contribution in [0.1, 0.15) is 71.6 Å². The van der Waals surface area contributed by atoms with E-state index in [1.54, 1.807) is 0 Å². The standard InChI is InChI=1S/C24H43NO8/c1-3-22(27)9-6-4-5-7-11-24(29)25-12-14-31-16-18-33-20-23(28)10-8-13-30-15-17-32-19-21(2)26/h3-20H2,1-2H3,(H,25,29). The van der Waals surface area contributed by atoms with Gasteiger partial charge in [-0.1, -0.05) is 19.8 Å². The molecule has 0 aliphatic rings. The molecule has 0 aliphatic heterocycles. The first kappa shape index (κ1) is 31.3. The maximum atomic E-state index is 11.7. The average molecular weight is 474 g/mol. The van der Waals surface area contributed by atoms with Crippen molar-refractivity contribution in [2.45, 2.75) is 71.6 Å². The van der Waals surface area contributed by atoms with Gasteiger partial charge in [0.05, 0.1) is 33.0 Å². The first-order valence-corrected chi connectivity index (χ1v) is 12.1. The minimum absolute atomic E-state index is 0.00987. The maximum absolute atomic E-state index is 11.7. The normalized spacial score (nSPS) is 10.8. The molecule has 0 radical (unpaired) electrons. The first-order valence-electron chi connectivity index (χ1n) is 12.1. The minimum Gasteiger partial charge on any atom is -0.379 e. The second kappa shape index (κ2) is 23.5. The Morgan fingerprint density at radius 3 is 1.85 bits per heavy atom. The molecule has 9 heteroatoms. The van der Waals surface area contributed by atoms with Gasteiger partial charge in [0.15, 0.2) is 11.6 Å². The van der Waals surface area contributed by atoms with Gasteiger partial charge in [0, 0.05) is 38.8 Å². The predicted octanol–water partition coefficient (Wildman–Crippen LogP) is 2.43. The van der Waals surface area contributed by atoms with Crippen molar-refractivity contribution in [1.82, 2.24) is 5.32 Å². The number of ketones is 3. The number of nitrogens with one attached hydrogen (secondary N) is 1. The van der Waals surface area contributed by atoms with Gasteiger partial charge in [0.25, 0.3) is 0 Å². The van der Waals surface area contributed by atoms with Crippen LogP contribution in [-0.4, -0.2) is 82.7 Å². The van der Waals surface area contributed by atoms with E-state index in [2.05, 4.69) is 5.32 Å². The molecule has 0 aromatic rings. The Balaban J connectivity index is 3.31. The number of carbonyl (C=O) groups excluding carboxylic acids is 4. The fourth-order valence-corrected chi connectivity index (χ4v) is 2.77. The van der Waals surface area contributed by atoms with E-state index in [4.69, 9.17) is 18.9 Å². The number of hydrogen-bond donors (Lipinski definition) is 1. The van der Waals surface area contributed by atoms with Crippen LogP contribution in [0.5, 0.6) is 0 Å². The number of unbranched alkanes of at least 4 members (excludes halogenated alkanes) is 3. The van der Waals surface area contributed by atoms with Crippen LogP contribution in [0, 0.1) is 0 Å². The molecule has 0 unspecified atom stereocenters. The zero-order valence-corrected chi connectivity index (χ0v) is 20.5. The van der Waals surface area contributed by atoms with Crippen molar-refractivity contribution in [3.63, 3.8) is 0 Å². The summed E-state index contributed by atoms with van der Waals surface area (Å²) in [6.07, 6.45) is 6.42. The van der Waals surface area contributed by atoms with Crippen LogP contribution in [0.3, 0.4) is 0 Å². The van der Waals surface area contributed by atoms with E-state index < -0.39 is 0 Å². The monoisotopic (exact) mass is 473 g/mol. The Hall–Kier alpha value is -1.68. The van der Waals surface area contributed by atoms with Crippen LogP contribution < -0.4 is 5.32 Å². The molecule has 0 aliphatic carbocycles. The molecule has 0 saturated carbocycles. The van der Waals surface area contributed by atoms with Crippen LogP contribution in [0.4, 0.5) is 0 Å². The highest BCUT2D eigenvalue weighted by Crippen LogP contribution is 2.06. The number of ether oxygens (including phenoxy) is 4. The molecule has 0 aromatic heterocycles. The molecule has 33 heavy (non-hydrogen) atoms. The molecule has 0 saturated heterocycles. The zero-order valence-electron chi connectivity index (χ0n) is 20.5. The van der Waals surface area contributed by atoms with E-state index in [1.165, 1.54) is 6.92 Å². The molecular weight excluding hydrogens is 430 g/mol. The summed E-state index contributed by atoms with van der Waals surface area (Å²) >= 11 is 0. The van der Waals surface area contributed by atoms with Crippen LogP contribution in [-0.2, 0) is 38.1 Å². The Bertz CT molecular complexity index is 539. The van der Waals surface area contributed by atoms with Gasteiger partial charge in [-0.15, -0.1) is 0 Å². The fraction of sp³-hybridized carbons (Fsp3) is 0.833. The van der Waals surface area contributed by atoms with Crippen molar-refractivity contribution in [2.24, 2.45) is 0 Å². The van der Waals surface area contributed by atoms with Crippen LogP contribution in [0.15, 0.2) is 0 Å². The molecule has 192 valence electrons. The average Bonchev–Trinajstić information content (AvgIpc) is 2.79. The third-order valence-electron chi connectivity index (χ3n) is 4.63. The zero-order chi connectivity index (χ0) is 24.6. The molecular formula is C24H43NO8. The van der Waals surface area contributed by atoms with E-state index in [9.17, 15) is 19.2 Å². The number of hydrogen-bond acceptors (Lipinski definition) is 8. The van der Waals surface area contributed by atoms with Crippen molar-refractivity contribution >= 4 is 23.3 Å². The Kier molecular flexibility index (Phi) is 22.3.